The Hall–Kier alpha value is -0.935. The fraction of sp³-hybridized carbons (Fsp3) is 0.455. The zero-order valence-corrected chi connectivity index (χ0v) is 9.30. The highest BCUT2D eigenvalue weighted by molar-refractivity contribution is 6.32. The van der Waals surface area contributed by atoms with Gasteiger partial charge < -0.3 is 4.74 Å². The van der Waals surface area contributed by atoms with Crippen molar-refractivity contribution in [1.29, 1.82) is 0 Å². The summed E-state index contributed by atoms with van der Waals surface area (Å²) in [5.41, 5.74) is 0.772. The maximum absolute atomic E-state index is 13.6. The molecule has 5 heteroatoms. The fourth-order valence-electron chi connectivity index (χ4n) is 1.86. The summed E-state index contributed by atoms with van der Waals surface area (Å²) in [7, 11) is 1.69. The van der Waals surface area contributed by atoms with Crippen LogP contribution in [0.25, 0.3) is 0 Å². The van der Waals surface area contributed by atoms with Crippen LogP contribution in [-0.2, 0) is 11.3 Å². The van der Waals surface area contributed by atoms with Gasteiger partial charge in [-0.25, -0.2) is 8.78 Å². The third kappa shape index (κ3) is 2.60. The normalized spacial score (nSPS) is 17.6. The van der Waals surface area contributed by atoms with Gasteiger partial charge in [-0.2, -0.15) is 0 Å². The summed E-state index contributed by atoms with van der Waals surface area (Å²) in [5, 5.41) is 0. The van der Waals surface area contributed by atoms with Crippen molar-refractivity contribution in [1.82, 2.24) is 4.90 Å². The van der Waals surface area contributed by atoms with Crippen molar-refractivity contribution in [3.05, 3.63) is 29.3 Å². The Labute approximate surface area is 94.6 Å². The zero-order valence-electron chi connectivity index (χ0n) is 9.30. The van der Waals surface area contributed by atoms with Crippen molar-refractivity contribution >= 4 is 13.3 Å². The van der Waals surface area contributed by atoms with Crippen LogP contribution < -0.4 is 5.46 Å². The van der Waals surface area contributed by atoms with Crippen LogP contribution in [-0.4, -0.2) is 39.0 Å². The molecule has 16 heavy (non-hydrogen) atoms. The minimum absolute atomic E-state index is 0.160. The third-order valence-corrected chi connectivity index (χ3v) is 2.77. The van der Waals surface area contributed by atoms with Crippen LogP contribution in [0, 0.1) is 11.6 Å². The van der Waals surface area contributed by atoms with Crippen molar-refractivity contribution in [2.24, 2.45) is 0 Å². The van der Waals surface area contributed by atoms with Gasteiger partial charge in [-0.05, 0) is 12.1 Å². The molecule has 1 heterocycles. The summed E-state index contributed by atoms with van der Waals surface area (Å²) in [6.07, 6.45) is 0. The van der Waals surface area contributed by atoms with Crippen LogP contribution >= 0.6 is 0 Å². The quantitative estimate of drug-likeness (QED) is 0.659. The van der Waals surface area contributed by atoms with Crippen LogP contribution in [0.1, 0.15) is 5.56 Å². The van der Waals surface area contributed by atoms with Crippen LogP contribution in [0.4, 0.5) is 8.78 Å². The monoisotopic (exact) mass is 225 g/mol. The summed E-state index contributed by atoms with van der Waals surface area (Å²) >= 11 is 0. The average Bonchev–Trinajstić information content (AvgIpc) is 2.25. The molecule has 0 atom stereocenters. The van der Waals surface area contributed by atoms with E-state index < -0.39 is 11.6 Å². The number of nitrogens with zero attached hydrogens (tertiary/aromatic N) is 1. The SMILES string of the molecule is Bc1cc(F)c(CN2CCOCC2)c(F)c1. The van der Waals surface area contributed by atoms with Gasteiger partial charge in [-0.15, -0.1) is 0 Å². The molecular formula is C11H14BF2NO. The highest BCUT2D eigenvalue weighted by atomic mass is 19.1. The van der Waals surface area contributed by atoms with E-state index in [4.69, 9.17) is 4.74 Å². The van der Waals surface area contributed by atoms with Gasteiger partial charge >= 0.3 is 0 Å². The zero-order chi connectivity index (χ0) is 11.5. The van der Waals surface area contributed by atoms with Crippen LogP contribution in [0.2, 0.25) is 0 Å². The van der Waals surface area contributed by atoms with Gasteiger partial charge in [0.25, 0.3) is 0 Å². The van der Waals surface area contributed by atoms with Crippen molar-refractivity contribution < 1.29 is 13.5 Å². The molecule has 1 fully saturated rings. The Morgan fingerprint density at radius 1 is 1.19 bits per heavy atom. The van der Waals surface area contributed by atoms with Gasteiger partial charge in [0.05, 0.1) is 13.2 Å². The van der Waals surface area contributed by atoms with Crippen LogP contribution in [0.5, 0.6) is 0 Å². The van der Waals surface area contributed by atoms with E-state index in [-0.39, 0.29) is 5.56 Å². The lowest BCUT2D eigenvalue weighted by atomic mass is 9.94. The number of benzene rings is 1. The number of ether oxygens (including phenoxy) is 1. The first-order valence-corrected chi connectivity index (χ1v) is 5.41. The van der Waals surface area contributed by atoms with E-state index in [2.05, 4.69) is 0 Å². The highest BCUT2D eigenvalue weighted by Crippen LogP contribution is 2.14. The minimum Gasteiger partial charge on any atom is -0.379 e. The second-order valence-electron chi connectivity index (χ2n) is 4.10. The number of morpholine rings is 1. The van der Waals surface area contributed by atoms with E-state index in [0.29, 0.717) is 25.2 Å². The maximum atomic E-state index is 13.6. The molecule has 86 valence electrons. The van der Waals surface area contributed by atoms with Gasteiger partial charge in [0.15, 0.2) is 0 Å². The predicted octanol–water partition coefficient (Wildman–Crippen LogP) is 0.0554. The van der Waals surface area contributed by atoms with Gasteiger partial charge in [0.2, 0.25) is 0 Å². The Bertz CT molecular complexity index is 357. The van der Waals surface area contributed by atoms with E-state index in [9.17, 15) is 8.78 Å². The fourth-order valence-corrected chi connectivity index (χ4v) is 1.86. The number of hydrogen-bond donors (Lipinski definition) is 0. The maximum Gasteiger partial charge on any atom is 0.139 e. The van der Waals surface area contributed by atoms with E-state index >= 15 is 0 Å². The van der Waals surface area contributed by atoms with E-state index in [1.165, 1.54) is 12.1 Å². The number of rotatable bonds is 2. The number of halogens is 2. The molecule has 0 saturated carbocycles. The Morgan fingerprint density at radius 2 is 1.75 bits per heavy atom. The lowest BCUT2D eigenvalue weighted by molar-refractivity contribution is 0.0332. The molecular weight excluding hydrogens is 211 g/mol. The van der Waals surface area contributed by atoms with Gasteiger partial charge in [-0.3, -0.25) is 4.90 Å². The first-order chi connectivity index (χ1) is 7.66. The largest absolute Gasteiger partial charge is 0.379 e. The predicted molar refractivity (Wildman–Crippen MR) is 60.6 cm³/mol. The van der Waals surface area contributed by atoms with Gasteiger partial charge in [0, 0.05) is 25.2 Å². The first-order valence-electron chi connectivity index (χ1n) is 5.41. The second kappa shape index (κ2) is 4.93. The molecule has 1 saturated heterocycles. The summed E-state index contributed by atoms with van der Waals surface area (Å²) < 4.78 is 32.3. The van der Waals surface area contributed by atoms with Crippen LogP contribution in [0.15, 0.2) is 12.1 Å². The summed E-state index contributed by atoms with van der Waals surface area (Å²) in [6.45, 7) is 3.05. The minimum atomic E-state index is -0.455. The molecule has 2 rings (SSSR count). The topological polar surface area (TPSA) is 12.5 Å². The third-order valence-electron chi connectivity index (χ3n) is 2.77. The van der Waals surface area contributed by atoms with Crippen molar-refractivity contribution in [2.75, 3.05) is 26.3 Å². The standard InChI is InChI=1S/C11H14BF2NO/c12-8-5-10(13)9(11(14)6-8)7-15-1-3-16-4-2-15/h5-6H,1-4,7,12H2. The average molecular weight is 225 g/mol. The Morgan fingerprint density at radius 3 is 2.31 bits per heavy atom. The van der Waals surface area contributed by atoms with Gasteiger partial charge in [0.1, 0.15) is 19.5 Å². The molecule has 1 aliphatic rings. The summed E-state index contributed by atoms with van der Waals surface area (Å²) in [6, 6.07) is 2.75. The molecule has 0 unspecified atom stereocenters. The molecule has 0 bridgehead atoms. The molecule has 0 N–H and O–H groups in total. The van der Waals surface area contributed by atoms with E-state index in [1.807, 2.05) is 4.90 Å². The van der Waals surface area contributed by atoms with Crippen LogP contribution in [0.3, 0.4) is 0 Å². The molecule has 0 spiro atoms. The van der Waals surface area contributed by atoms with Gasteiger partial charge in [-0.1, -0.05) is 5.46 Å². The molecule has 1 aromatic carbocycles. The lowest BCUT2D eigenvalue weighted by Crippen LogP contribution is -2.36. The summed E-state index contributed by atoms with van der Waals surface area (Å²) in [4.78, 5) is 2.00. The summed E-state index contributed by atoms with van der Waals surface area (Å²) in [5.74, 6) is -0.909. The Kier molecular flexibility index (Phi) is 3.56. The number of hydrogen-bond acceptors (Lipinski definition) is 2. The van der Waals surface area contributed by atoms with Crippen molar-refractivity contribution in [3.63, 3.8) is 0 Å². The Balaban J connectivity index is 2.14. The van der Waals surface area contributed by atoms with E-state index in [1.54, 1.807) is 7.85 Å². The molecule has 0 aromatic heterocycles. The highest BCUT2D eigenvalue weighted by Gasteiger charge is 2.16. The molecule has 0 amide bonds. The second-order valence-corrected chi connectivity index (χ2v) is 4.10. The molecule has 1 aromatic rings. The van der Waals surface area contributed by atoms with Crippen molar-refractivity contribution in [3.8, 4) is 0 Å². The molecule has 0 aliphatic carbocycles. The lowest BCUT2D eigenvalue weighted by Gasteiger charge is -2.26. The van der Waals surface area contributed by atoms with Crippen molar-refractivity contribution in [2.45, 2.75) is 6.54 Å². The molecule has 0 radical (unpaired) electrons. The molecule has 2 nitrogen and oxygen atoms in total. The van der Waals surface area contributed by atoms with E-state index in [0.717, 1.165) is 13.1 Å². The first kappa shape index (κ1) is 11.5. The molecule has 1 aliphatic heterocycles. The smallest absolute Gasteiger partial charge is 0.139 e.